The number of Topliss-reactive ketones (excluding diaryl/α,β-unsaturated/α-hetero) is 1. The molecule has 0 bridgehead atoms. The van der Waals surface area contributed by atoms with Crippen LogP contribution in [-0.2, 0) is 25.7 Å². The third kappa shape index (κ3) is 5.48. The number of piperidine rings is 1. The summed E-state index contributed by atoms with van der Waals surface area (Å²) >= 11 is 5.87. The first kappa shape index (κ1) is 24.2. The number of ether oxygens (including phenoxy) is 1. The molecule has 0 aromatic heterocycles. The quantitative estimate of drug-likeness (QED) is 0.449. The summed E-state index contributed by atoms with van der Waals surface area (Å²) < 4.78 is 70.7. The van der Waals surface area contributed by atoms with Gasteiger partial charge >= 0.3 is 12.1 Å². The van der Waals surface area contributed by atoms with Crippen molar-refractivity contribution in [3.05, 3.63) is 64.7 Å². The highest BCUT2D eigenvalue weighted by Gasteiger charge is 2.37. The van der Waals surface area contributed by atoms with Crippen LogP contribution in [0.5, 0.6) is 0 Å². The van der Waals surface area contributed by atoms with E-state index >= 15 is 0 Å². The molecule has 0 aliphatic carbocycles. The van der Waals surface area contributed by atoms with Crippen LogP contribution in [0.25, 0.3) is 0 Å². The van der Waals surface area contributed by atoms with Gasteiger partial charge in [0.15, 0.2) is 12.4 Å². The third-order valence-corrected chi connectivity index (χ3v) is 7.49. The zero-order chi connectivity index (χ0) is 23.5. The van der Waals surface area contributed by atoms with Crippen molar-refractivity contribution in [1.82, 2.24) is 4.31 Å². The minimum Gasteiger partial charge on any atom is -0.457 e. The van der Waals surface area contributed by atoms with Gasteiger partial charge < -0.3 is 4.74 Å². The smallest absolute Gasteiger partial charge is 0.416 e. The van der Waals surface area contributed by atoms with Crippen LogP contribution < -0.4 is 0 Å². The van der Waals surface area contributed by atoms with Gasteiger partial charge in [-0.15, -0.1) is 0 Å². The summed E-state index contributed by atoms with van der Waals surface area (Å²) in [5.41, 5.74) is -0.721. The maximum atomic E-state index is 13.0. The van der Waals surface area contributed by atoms with E-state index in [9.17, 15) is 31.2 Å². The number of sulfonamides is 1. The van der Waals surface area contributed by atoms with Gasteiger partial charge in [-0.2, -0.15) is 17.5 Å². The van der Waals surface area contributed by atoms with Crippen molar-refractivity contribution in [2.45, 2.75) is 23.9 Å². The Morgan fingerprint density at radius 3 is 2.28 bits per heavy atom. The van der Waals surface area contributed by atoms with Crippen molar-refractivity contribution in [3.8, 4) is 0 Å². The van der Waals surface area contributed by atoms with E-state index in [4.69, 9.17) is 16.3 Å². The number of benzene rings is 2. The number of carbonyl (C=O) groups is 2. The van der Waals surface area contributed by atoms with E-state index < -0.39 is 45.2 Å². The van der Waals surface area contributed by atoms with E-state index in [1.54, 1.807) is 30.3 Å². The van der Waals surface area contributed by atoms with Crippen LogP contribution in [0.1, 0.15) is 28.8 Å². The number of carbonyl (C=O) groups excluding carboxylic acids is 2. The van der Waals surface area contributed by atoms with Gasteiger partial charge in [-0.05, 0) is 31.0 Å². The Labute approximate surface area is 188 Å². The Morgan fingerprint density at radius 2 is 1.69 bits per heavy atom. The molecule has 1 fully saturated rings. The fourth-order valence-corrected chi connectivity index (χ4v) is 5.28. The average Bonchev–Trinajstić information content (AvgIpc) is 2.77. The van der Waals surface area contributed by atoms with E-state index in [2.05, 4.69) is 0 Å². The number of nitrogens with zero attached hydrogens (tertiary/aromatic N) is 1. The van der Waals surface area contributed by atoms with Crippen molar-refractivity contribution >= 4 is 33.4 Å². The first-order chi connectivity index (χ1) is 15.0. The first-order valence-corrected chi connectivity index (χ1v) is 11.4. The molecule has 0 radical (unpaired) electrons. The second-order valence-corrected chi connectivity index (χ2v) is 9.53. The molecular formula is C21H19ClF3NO5S. The second-order valence-electron chi connectivity index (χ2n) is 7.22. The van der Waals surface area contributed by atoms with Gasteiger partial charge in [0.2, 0.25) is 10.0 Å². The van der Waals surface area contributed by atoms with Gasteiger partial charge in [-0.3, -0.25) is 9.59 Å². The van der Waals surface area contributed by atoms with Crippen molar-refractivity contribution < 1.29 is 35.9 Å². The van der Waals surface area contributed by atoms with E-state index in [0.717, 1.165) is 10.4 Å². The summed E-state index contributed by atoms with van der Waals surface area (Å²) in [5.74, 6) is -1.61. The molecule has 0 N–H and O–H groups in total. The molecule has 3 rings (SSSR count). The highest BCUT2D eigenvalue weighted by atomic mass is 35.5. The average molecular weight is 490 g/mol. The van der Waals surface area contributed by atoms with Gasteiger partial charge in [0.1, 0.15) is 4.90 Å². The van der Waals surface area contributed by atoms with Crippen LogP contribution in [-0.4, -0.2) is 44.2 Å². The molecule has 1 aliphatic heterocycles. The number of rotatable bonds is 6. The highest BCUT2D eigenvalue weighted by molar-refractivity contribution is 7.89. The lowest BCUT2D eigenvalue weighted by molar-refractivity contribution is -0.148. The summed E-state index contributed by atoms with van der Waals surface area (Å²) in [6.45, 7) is -0.621. The molecule has 32 heavy (non-hydrogen) atoms. The molecule has 172 valence electrons. The molecule has 1 aliphatic rings. The number of hydrogen-bond donors (Lipinski definition) is 0. The summed E-state index contributed by atoms with van der Waals surface area (Å²) in [7, 11) is -4.29. The molecule has 0 atom stereocenters. The van der Waals surface area contributed by atoms with Gasteiger partial charge in [-0.1, -0.05) is 41.9 Å². The number of halogens is 4. The van der Waals surface area contributed by atoms with Gasteiger partial charge in [0, 0.05) is 18.7 Å². The van der Waals surface area contributed by atoms with Crippen molar-refractivity contribution in [2.75, 3.05) is 19.7 Å². The predicted molar refractivity (Wildman–Crippen MR) is 110 cm³/mol. The molecule has 1 saturated heterocycles. The number of alkyl halides is 3. The van der Waals surface area contributed by atoms with Crippen LogP contribution in [0.15, 0.2) is 53.4 Å². The molecule has 2 aromatic rings. The highest BCUT2D eigenvalue weighted by Crippen LogP contribution is 2.35. The molecule has 6 nitrogen and oxygen atoms in total. The van der Waals surface area contributed by atoms with Crippen LogP contribution in [0.2, 0.25) is 5.02 Å². The third-order valence-electron chi connectivity index (χ3n) is 5.10. The van der Waals surface area contributed by atoms with E-state index in [1.165, 1.54) is 0 Å². The zero-order valence-electron chi connectivity index (χ0n) is 16.6. The minimum absolute atomic E-state index is 0.0959. The Kier molecular flexibility index (Phi) is 7.26. The zero-order valence-corrected chi connectivity index (χ0v) is 18.2. The molecule has 0 saturated carbocycles. The largest absolute Gasteiger partial charge is 0.457 e. The fraction of sp³-hybridized carbons (Fsp3) is 0.333. The van der Waals surface area contributed by atoms with Crippen molar-refractivity contribution in [1.29, 1.82) is 0 Å². The van der Waals surface area contributed by atoms with Crippen LogP contribution in [0, 0.1) is 5.92 Å². The van der Waals surface area contributed by atoms with Gasteiger partial charge in [0.05, 0.1) is 16.5 Å². The minimum atomic E-state index is -4.72. The fourth-order valence-electron chi connectivity index (χ4n) is 3.31. The van der Waals surface area contributed by atoms with E-state index in [-0.39, 0.29) is 36.7 Å². The lowest BCUT2D eigenvalue weighted by Crippen LogP contribution is -2.41. The Hall–Kier alpha value is -2.43. The molecule has 0 spiro atoms. The number of esters is 1. The van der Waals surface area contributed by atoms with Crippen molar-refractivity contribution in [2.24, 2.45) is 5.92 Å². The lowest BCUT2D eigenvalue weighted by Gasteiger charge is -2.30. The molecule has 0 unspecified atom stereocenters. The SMILES string of the molecule is O=C(COC(=O)C1CCN(S(=O)(=O)c2cc(C(F)(F)F)ccc2Cl)CC1)c1ccccc1. The molecule has 11 heteroatoms. The Morgan fingerprint density at radius 1 is 1.06 bits per heavy atom. The molecule has 1 heterocycles. The topological polar surface area (TPSA) is 80.8 Å². The summed E-state index contributed by atoms with van der Waals surface area (Å²) in [6, 6.07) is 10.4. The summed E-state index contributed by atoms with van der Waals surface area (Å²) in [6.07, 6.45) is -4.51. The monoisotopic (exact) mass is 489 g/mol. The predicted octanol–water partition coefficient (Wildman–Crippen LogP) is 4.19. The second kappa shape index (κ2) is 9.60. The Balaban J connectivity index is 1.61. The van der Waals surface area contributed by atoms with Crippen LogP contribution >= 0.6 is 11.6 Å². The molecule has 2 aromatic carbocycles. The van der Waals surface area contributed by atoms with Gasteiger partial charge in [-0.25, -0.2) is 8.42 Å². The normalized spacial score (nSPS) is 16.0. The van der Waals surface area contributed by atoms with Crippen LogP contribution in [0.3, 0.4) is 0 Å². The van der Waals surface area contributed by atoms with Crippen molar-refractivity contribution in [3.63, 3.8) is 0 Å². The Bertz CT molecular complexity index is 1100. The van der Waals surface area contributed by atoms with Gasteiger partial charge in [0.25, 0.3) is 0 Å². The summed E-state index contributed by atoms with van der Waals surface area (Å²) in [5, 5.41) is -0.320. The summed E-state index contributed by atoms with van der Waals surface area (Å²) in [4.78, 5) is 23.7. The maximum Gasteiger partial charge on any atom is 0.416 e. The number of hydrogen-bond acceptors (Lipinski definition) is 5. The van der Waals surface area contributed by atoms with E-state index in [0.29, 0.717) is 17.7 Å². The first-order valence-electron chi connectivity index (χ1n) is 9.62. The maximum absolute atomic E-state index is 13.0. The number of ketones is 1. The van der Waals surface area contributed by atoms with Crippen LogP contribution in [0.4, 0.5) is 13.2 Å². The molecule has 0 amide bonds. The van der Waals surface area contributed by atoms with E-state index in [1.807, 2.05) is 0 Å². The lowest BCUT2D eigenvalue weighted by atomic mass is 9.98. The standard InChI is InChI=1S/C21H19ClF3NO5S/c22-17-7-6-16(21(23,24)25)12-19(17)32(29,30)26-10-8-15(9-11-26)20(28)31-13-18(27)14-4-2-1-3-5-14/h1-7,12,15H,8-11,13H2. The molecular weight excluding hydrogens is 471 g/mol.